The van der Waals surface area contributed by atoms with Gasteiger partial charge in [-0.2, -0.15) is 0 Å². The van der Waals surface area contributed by atoms with Crippen molar-refractivity contribution < 1.29 is 44.9 Å². The molecule has 0 saturated carbocycles. The van der Waals surface area contributed by atoms with E-state index in [1.54, 1.807) is 0 Å². The first-order chi connectivity index (χ1) is 10.8. The van der Waals surface area contributed by atoms with Crippen LogP contribution in [0.4, 0.5) is 0 Å². The molecule has 1 aromatic carbocycles. The van der Waals surface area contributed by atoms with Crippen LogP contribution in [0.3, 0.4) is 0 Å². The Bertz CT molecular complexity index is 588. The van der Waals surface area contributed by atoms with Crippen molar-refractivity contribution in [2.24, 2.45) is 0 Å². The molecule has 0 aromatic heterocycles. The average molecular weight is 330 g/mol. The monoisotopic (exact) mass is 330 g/mol. The zero-order valence-corrected chi connectivity index (χ0v) is 12.2. The number of carbonyl (C=O) groups excluding carboxylic acids is 1. The number of ketones is 1. The highest BCUT2D eigenvalue weighted by Gasteiger charge is 2.57. The Labute approximate surface area is 130 Å². The van der Waals surface area contributed by atoms with Crippen molar-refractivity contribution in [2.75, 3.05) is 13.7 Å². The number of phenolic OH excluding ortho intramolecular Hbond substituents is 1. The molecule has 1 aliphatic rings. The first-order valence-electron chi connectivity index (χ1n) is 6.73. The van der Waals surface area contributed by atoms with Gasteiger partial charge in [0.2, 0.25) is 5.78 Å². The minimum atomic E-state index is -2.88. The number of hydrogen-bond acceptors (Lipinski definition) is 9. The highest BCUT2D eigenvalue weighted by atomic mass is 16.7. The molecule has 128 valence electrons. The van der Waals surface area contributed by atoms with Gasteiger partial charge in [0, 0.05) is 5.56 Å². The number of hydrogen-bond donors (Lipinski definition) is 6. The van der Waals surface area contributed by atoms with Crippen LogP contribution in [0.5, 0.6) is 11.5 Å². The number of methoxy groups -OCH3 is 1. The summed E-state index contributed by atoms with van der Waals surface area (Å²) in [7, 11) is 1.26. The Morgan fingerprint density at radius 2 is 1.96 bits per heavy atom. The lowest BCUT2D eigenvalue weighted by Gasteiger charge is -2.44. The second-order valence-electron chi connectivity index (χ2n) is 5.18. The van der Waals surface area contributed by atoms with E-state index < -0.39 is 42.6 Å². The van der Waals surface area contributed by atoms with Gasteiger partial charge in [-0.3, -0.25) is 4.79 Å². The fourth-order valence-corrected chi connectivity index (χ4v) is 2.37. The van der Waals surface area contributed by atoms with Crippen LogP contribution in [-0.4, -0.2) is 80.3 Å². The summed E-state index contributed by atoms with van der Waals surface area (Å²) in [5.74, 6) is -4.31. The summed E-state index contributed by atoms with van der Waals surface area (Å²) in [5, 5.41) is 58.3. The maximum Gasteiger partial charge on any atom is 0.261 e. The molecule has 0 spiro atoms. The Morgan fingerprint density at radius 3 is 2.52 bits per heavy atom. The van der Waals surface area contributed by atoms with E-state index in [2.05, 4.69) is 0 Å². The van der Waals surface area contributed by atoms with Crippen LogP contribution in [0.25, 0.3) is 0 Å². The second-order valence-corrected chi connectivity index (χ2v) is 5.18. The van der Waals surface area contributed by atoms with Crippen LogP contribution in [-0.2, 0) is 4.74 Å². The number of aliphatic hydroxyl groups excluding tert-OH is 4. The van der Waals surface area contributed by atoms with Crippen molar-refractivity contribution in [1.29, 1.82) is 0 Å². The average Bonchev–Trinajstić information content (AvgIpc) is 2.56. The number of aliphatic hydroxyl groups is 5. The Hall–Kier alpha value is -1.75. The summed E-state index contributed by atoms with van der Waals surface area (Å²) in [6.07, 6.45) is -7.21. The zero-order chi connectivity index (χ0) is 17.4. The molecule has 9 heteroatoms. The van der Waals surface area contributed by atoms with E-state index in [9.17, 15) is 30.3 Å². The Balaban J connectivity index is 2.39. The quantitative estimate of drug-likeness (QED) is 0.335. The molecule has 0 aliphatic carbocycles. The summed E-state index contributed by atoms with van der Waals surface area (Å²) < 4.78 is 9.78. The van der Waals surface area contributed by atoms with Gasteiger partial charge in [0.1, 0.15) is 24.4 Å². The normalized spacial score (nSPS) is 34.2. The van der Waals surface area contributed by atoms with Crippen LogP contribution in [0.1, 0.15) is 10.4 Å². The van der Waals surface area contributed by atoms with Gasteiger partial charge in [-0.15, -0.1) is 0 Å². The number of benzene rings is 1. The fourth-order valence-electron chi connectivity index (χ4n) is 2.37. The van der Waals surface area contributed by atoms with Crippen LogP contribution in [0, 0.1) is 0 Å². The molecule has 1 saturated heterocycles. The third-order valence-electron chi connectivity index (χ3n) is 3.73. The standard InChI is InChI=1S/C14H18O9/c1-22-8-4-6(2-3-7(8)16)12(19)14(21)13(20)11(18)10(17)9(5-15)23-14/h2-4,9-11,13,15-18,20-21H,5H2,1H3. The minimum Gasteiger partial charge on any atom is -0.504 e. The first kappa shape index (κ1) is 17.6. The highest BCUT2D eigenvalue weighted by molar-refractivity contribution is 6.02. The number of aromatic hydroxyl groups is 1. The SMILES string of the molecule is COc1cc(C(=O)C2(O)OC(CO)C(O)C(O)C2O)ccc1O. The second kappa shape index (κ2) is 6.40. The van der Waals surface area contributed by atoms with Crippen molar-refractivity contribution in [3.05, 3.63) is 23.8 Å². The zero-order valence-electron chi connectivity index (χ0n) is 12.2. The van der Waals surface area contributed by atoms with Gasteiger partial charge < -0.3 is 40.1 Å². The summed E-state index contributed by atoms with van der Waals surface area (Å²) in [5.41, 5.74) is -0.179. The topological polar surface area (TPSA) is 157 Å². The lowest BCUT2D eigenvalue weighted by molar-refractivity contribution is -0.322. The number of carbonyl (C=O) groups is 1. The lowest BCUT2D eigenvalue weighted by atomic mass is 9.88. The van der Waals surface area contributed by atoms with E-state index >= 15 is 0 Å². The van der Waals surface area contributed by atoms with Gasteiger partial charge in [0.15, 0.2) is 11.5 Å². The summed E-state index contributed by atoms with van der Waals surface area (Å²) in [6, 6.07) is 3.40. The molecule has 1 aromatic rings. The molecule has 0 bridgehead atoms. The molecule has 1 heterocycles. The van der Waals surface area contributed by atoms with Gasteiger partial charge in [-0.1, -0.05) is 0 Å². The molecule has 2 rings (SSSR count). The molecule has 1 aliphatic heterocycles. The summed E-state index contributed by atoms with van der Waals surface area (Å²) in [4.78, 5) is 12.5. The van der Waals surface area contributed by atoms with Gasteiger partial charge in [0.25, 0.3) is 5.79 Å². The van der Waals surface area contributed by atoms with Crippen LogP contribution >= 0.6 is 0 Å². The smallest absolute Gasteiger partial charge is 0.261 e. The van der Waals surface area contributed by atoms with Crippen molar-refractivity contribution in [3.63, 3.8) is 0 Å². The molecule has 0 radical (unpaired) electrons. The van der Waals surface area contributed by atoms with Crippen LogP contribution < -0.4 is 4.74 Å². The molecule has 9 nitrogen and oxygen atoms in total. The van der Waals surface area contributed by atoms with E-state index in [4.69, 9.17) is 14.6 Å². The molecule has 23 heavy (non-hydrogen) atoms. The lowest BCUT2D eigenvalue weighted by Crippen LogP contribution is -2.68. The molecule has 5 atom stereocenters. The molecular weight excluding hydrogens is 312 g/mol. The molecular formula is C14H18O9. The molecule has 0 amide bonds. The van der Waals surface area contributed by atoms with E-state index in [0.717, 1.165) is 18.2 Å². The Morgan fingerprint density at radius 1 is 1.30 bits per heavy atom. The van der Waals surface area contributed by atoms with E-state index in [-0.39, 0.29) is 17.1 Å². The van der Waals surface area contributed by atoms with Crippen molar-refractivity contribution in [1.82, 2.24) is 0 Å². The van der Waals surface area contributed by atoms with E-state index in [1.807, 2.05) is 0 Å². The van der Waals surface area contributed by atoms with E-state index in [0.29, 0.717) is 0 Å². The van der Waals surface area contributed by atoms with Gasteiger partial charge in [-0.25, -0.2) is 0 Å². The molecule has 1 fully saturated rings. The third-order valence-corrected chi connectivity index (χ3v) is 3.73. The number of phenols is 1. The Kier molecular flexibility index (Phi) is 4.90. The number of ether oxygens (including phenoxy) is 2. The summed E-state index contributed by atoms with van der Waals surface area (Å²) in [6.45, 7) is -0.792. The van der Waals surface area contributed by atoms with Crippen molar-refractivity contribution in [2.45, 2.75) is 30.2 Å². The van der Waals surface area contributed by atoms with Crippen LogP contribution in [0.15, 0.2) is 18.2 Å². The number of Topliss-reactive ketones (excluding diaryl/α,β-unsaturated/α-hetero) is 1. The van der Waals surface area contributed by atoms with Crippen LogP contribution in [0.2, 0.25) is 0 Å². The fraction of sp³-hybridized carbons (Fsp3) is 0.500. The summed E-state index contributed by atoms with van der Waals surface area (Å²) >= 11 is 0. The highest BCUT2D eigenvalue weighted by Crippen LogP contribution is 2.33. The van der Waals surface area contributed by atoms with Gasteiger partial charge in [0.05, 0.1) is 13.7 Å². The molecule has 5 unspecified atom stereocenters. The first-order valence-corrected chi connectivity index (χ1v) is 6.73. The largest absolute Gasteiger partial charge is 0.504 e. The predicted octanol–water partition coefficient (Wildman–Crippen LogP) is -2.25. The van der Waals surface area contributed by atoms with Gasteiger partial charge in [-0.05, 0) is 18.2 Å². The minimum absolute atomic E-state index is 0.0518. The number of rotatable bonds is 4. The maximum absolute atomic E-state index is 12.5. The van der Waals surface area contributed by atoms with E-state index in [1.165, 1.54) is 7.11 Å². The predicted molar refractivity (Wildman–Crippen MR) is 73.9 cm³/mol. The van der Waals surface area contributed by atoms with Crippen molar-refractivity contribution in [3.8, 4) is 11.5 Å². The third kappa shape index (κ3) is 2.90. The maximum atomic E-state index is 12.5. The molecule has 6 N–H and O–H groups in total. The van der Waals surface area contributed by atoms with Gasteiger partial charge >= 0.3 is 0 Å². The van der Waals surface area contributed by atoms with Crippen molar-refractivity contribution >= 4 is 5.78 Å².